The third-order valence-electron chi connectivity index (χ3n) is 5.01. The quantitative estimate of drug-likeness (QED) is 0.726. The van der Waals surface area contributed by atoms with Gasteiger partial charge in [0.25, 0.3) is 0 Å². The van der Waals surface area contributed by atoms with Crippen LogP contribution in [0.1, 0.15) is 38.5 Å². The van der Waals surface area contributed by atoms with Crippen LogP contribution in [-0.4, -0.2) is 17.1 Å². The Morgan fingerprint density at radius 2 is 1.53 bits per heavy atom. The summed E-state index contributed by atoms with van der Waals surface area (Å²) in [7, 11) is 0. The molecule has 0 unspecified atom stereocenters. The molecule has 84 valence electrons. The fraction of sp³-hybridized carbons (Fsp3) is 0.917. The Kier molecular flexibility index (Phi) is 1.91. The molecule has 0 aliphatic heterocycles. The second kappa shape index (κ2) is 2.97. The van der Waals surface area contributed by atoms with Crippen molar-refractivity contribution in [2.45, 2.75) is 44.6 Å². The first-order valence-corrected chi connectivity index (χ1v) is 6.07. The van der Waals surface area contributed by atoms with Crippen LogP contribution < -0.4 is 5.73 Å². The first-order valence-electron chi connectivity index (χ1n) is 6.07. The van der Waals surface area contributed by atoms with Crippen LogP contribution in [0.2, 0.25) is 0 Å². The van der Waals surface area contributed by atoms with Gasteiger partial charge in [-0.05, 0) is 61.7 Å². The molecule has 0 saturated heterocycles. The molecule has 3 N–H and O–H groups in total. The molecule has 4 aliphatic rings. The lowest BCUT2D eigenvalue weighted by Crippen LogP contribution is -2.57. The van der Waals surface area contributed by atoms with Crippen molar-refractivity contribution in [3.05, 3.63) is 0 Å². The van der Waals surface area contributed by atoms with Gasteiger partial charge in [0.15, 0.2) is 0 Å². The third-order valence-corrected chi connectivity index (χ3v) is 5.01. The standard InChI is InChI=1S/C12H19NO2/c13-10(11(14)15)12-4-7-1-8(5-12)3-9(2-7)6-12/h7-10H,1-6,13H2,(H,14,15)/t7?,8?,9?,10-,12?/m1/s1. The van der Waals surface area contributed by atoms with E-state index in [4.69, 9.17) is 10.8 Å². The molecule has 4 saturated carbocycles. The number of carbonyl (C=O) groups is 1. The van der Waals surface area contributed by atoms with Gasteiger partial charge >= 0.3 is 5.97 Å². The van der Waals surface area contributed by atoms with Crippen LogP contribution in [0.5, 0.6) is 0 Å². The van der Waals surface area contributed by atoms with Crippen LogP contribution in [0.3, 0.4) is 0 Å². The van der Waals surface area contributed by atoms with Crippen molar-refractivity contribution in [1.29, 1.82) is 0 Å². The lowest BCUT2D eigenvalue weighted by Gasteiger charge is -2.58. The second-order valence-corrected chi connectivity index (χ2v) is 6.10. The van der Waals surface area contributed by atoms with Gasteiger partial charge in [0.05, 0.1) is 0 Å². The van der Waals surface area contributed by atoms with E-state index in [1.54, 1.807) is 0 Å². The van der Waals surface area contributed by atoms with Gasteiger partial charge in [0.2, 0.25) is 0 Å². The molecule has 0 radical (unpaired) electrons. The fourth-order valence-electron chi connectivity index (χ4n) is 4.82. The van der Waals surface area contributed by atoms with E-state index >= 15 is 0 Å². The van der Waals surface area contributed by atoms with Gasteiger partial charge < -0.3 is 10.8 Å². The minimum atomic E-state index is -0.794. The summed E-state index contributed by atoms with van der Waals surface area (Å²) in [6.45, 7) is 0. The number of hydrogen-bond donors (Lipinski definition) is 2. The van der Waals surface area contributed by atoms with E-state index in [0.717, 1.165) is 37.0 Å². The van der Waals surface area contributed by atoms with Crippen molar-refractivity contribution >= 4 is 5.97 Å². The Morgan fingerprint density at radius 1 is 1.13 bits per heavy atom. The predicted molar refractivity (Wildman–Crippen MR) is 56.2 cm³/mol. The zero-order valence-corrected chi connectivity index (χ0v) is 8.98. The summed E-state index contributed by atoms with van der Waals surface area (Å²) in [6, 6.07) is -0.620. The summed E-state index contributed by atoms with van der Waals surface area (Å²) >= 11 is 0. The Balaban J connectivity index is 1.89. The summed E-state index contributed by atoms with van der Waals surface area (Å²) in [5.74, 6) is 1.54. The molecule has 0 aromatic heterocycles. The van der Waals surface area contributed by atoms with Crippen LogP contribution in [0.25, 0.3) is 0 Å². The number of aliphatic carboxylic acids is 1. The monoisotopic (exact) mass is 209 g/mol. The minimum Gasteiger partial charge on any atom is -0.480 e. The molecular formula is C12H19NO2. The van der Waals surface area contributed by atoms with E-state index in [9.17, 15) is 4.79 Å². The number of carboxylic acids is 1. The molecular weight excluding hydrogens is 190 g/mol. The van der Waals surface area contributed by atoms with E-state index in [-0.39, 0.29) is 5.41 Å². The smallest absolute Gasteiger partial charge is 0.321 e. The van der Waals surface area contributed by atoms with Crippen molar-refractivity contribution in [3.63, 3.8) is 0 Å². The Morgan fingerprint density at radius 3 is 1.87 bits per heavy atom. The van der Waals surface area contributed by atoms with Crippen molar-refractivity contribution in [3.8, 4) is 0 Å². The van der Waals surface area contributed by atoms with E-state index < -0.39 is 12.0 Å². The Labute approximate surface area is 90.0 Å². The largest absolute Gasteiger partial charge is 0.480 e. The van der Waals surface area contributed by atoms with Crippen molar-refractivity contribution in [1.82, 2.24) is 0 Å². The van der Waals surface area contributed by atoms with Crippen molar-refractivity contribution in [2.24, 2.45) is 28.9 Å². The molecule has 0 aromatic carbocycles. The molecule has 3 nitrogen and oxygen atoms in total. The molecule has 0 spiro atoms. The summed E-state index contributed by atoms with van der Waals surface area (Å²) in [6.07, 6.45) is 7.24. The maximum atomic E-state index is 11.1. The van der Waals surface area contributed by atoms with Crippen molar-refractivity contribution < 1.29 is 9.90 Å². The van der Waals surface area contributed by atoms with Crippen LogP contribution in [0.4, 0.5) is 0 Å². The van der Waals surface area contributed by atoms with Crippen LogP contribution in [-0.2, 0) is 4.79 Å². The second-order valence-electron chi connectivity index (χ2n) is 6.10. The van der Waals surface area contributed by atoms with Gasteiger partial charge in [-0.1, -0.05) is 0 Å². The molecule has 0 aromatic rings. The minimum absolute atomic E-state index is 0.0411. The van der Waals surface area contributed by atoms with Crippen LogP contribution in [0.15, 0.2) is 0 Å². The summed E-state index contributed by atoms with van der Waals surface area (Å²) in [4.78, 5) is 11.1. The molecule has 3 heteroatoms. The fourth-order valence-corrected chi connectivity index (χ4v) is 4.82. The van der Waals surface area contributed by atoms with E-state index in [1.165, 1.54) is 19.3 Å². The average Bonchev–Trinajstić information content (AvgIpc) is 2.14. The van der Waals surface area contributed by atoms with Gasteiger partial charge in [-0.2, -0.15) is 0 Å². The highest BCUT2D eigenvalue weighted by Crippen LogP contribution is 2.60. The zero-order valence-electron chi connectivity index (χ0n) is 8.98. The summed E-state index contributed by atoms with van der Waals surface area (Å²) < 4.78 is 0. The lowest BCUT2D eigenvalue weighted by molar-refractivity contribution is -0.149. The van der Waals surface area contributed by atoms with Gasteiger partial charge in [0.1, 0.15) is 6.04 Å². The number of nitrogens with two attached hydrogens (primary N) is 1. The molecule has 4 aliphatic carbocycles. The Hall–Kier alpha value is -0.570. The maximum Gasteiger partial charge on any atom is 0.321 e. The van der Waals surface area contributed by atoms with Gasteiger partial charge in [0, 0.05) is 0 Å². The molecule has 1 atom stereocenters. The first kappa shape index (κ1) is 9.64. The van der Waals surface area contributed by atoms with Crippen molar-refractivity contribution in [2.75, 3.05) is 0 Å². The first-order chi connectivity index (χ1) is 7.09. The predicted octanol–water partition coefficient (Wildman–Crippen LogP) is 1.61. The third kappa shape index (κ3) is 1.32. The summed E-state index contributed by atoms with van der Waals surface area (Å²) in [5.41, 5.74) is 5.87. The zero-order chi connectivity index (χ0) is 10.6. The number of rotatable bonds is 2. The highest BCUT2D eigenvalue weighted by molar-refractivity contribution is 5.74. The molecule has 0 amide bonds. The lowest BCUT2D eigenvalue weighted by atomic mass is 9.48. The summed E-state index contributed by atoms with van der Waals surface area (Å²) in [5, 5.41) is 9.12. The number of carboxylic acid groups (broad SMARTS) is 1. The molecule has 4 rings (SSSR count). The number of hydrogen-bond acceptors (Lipinski definition) is 2. The SMILES string of the molecule is N[C@H](C(=O)O)C12CC3CC(CC(C3)C1)C2. The van der Waals surface area contributed by atoms with Gasteiger partial charge in [-0.25, -0.2) is 0 Å². The topological polar surface area (TPSA) is 63.3 Å². The van der Waals surface area contributed by atoms with E-state index in [0.29, 0.717) is 0 Å². The molecule has 4 fully saturated rings. The molecule has 15 heavy (non-hydrogen) atoms. The van der Waals surface area contributed by atoms with E-state index in [2.05, 4.69) is 0 Å². The van der Waals surface area contributed by atoms with Crippen LogP contribution >= 0.6 is 0 Å². The normalized spacial score (nSPS) is 49.3. The van der Waals surface area contributed by atoms with Gasteiger partial charge in [-0.3, -0.25) is 4.79 Å². The average molecular weight is 209 g/mol. The van der Waals surface area contributed by atoms with Gasteiger partial charge in [-0.15, -0.1) is 0 Å². The molecule has 0 heterocycles. The highest BCUT2D eigenvalue weighted by atomic mass is 16.4. The maximum absolute atomic E-state index is 11.1. The van der Waals surface area contributed by atoms with Crippen LogP contribution in [0, 0.1) is 23.2 Å². The molecule has 4 bridgehead atoms. The van der Waals surface area contributed by atoms with E-state index in [1.807, 2.05) is 0 Å². The Bertz CT molecular complexity index is 265. The highest BCUT2D eigenvalue weighted by Gasteiger charge is 2.55.